The molecule has 0 aliphatic heterocycles. The Morgan fingerprint density at radius 1 is 1.38 bits per heavy atom. The van der Waals surface area contributed by atoms with Crippen LogP contribution in [0.25, 0.3) is 0 Å². The highest BCUT2D eigenvalue weighted by molar-refractivity contribution is 5.77. The van der Waals surface area contributed by atoms with Crippen molar-refractivity contribution in [3.8, 4) is 0 Å². The lowest BCUT2D eigenvalue weighted by atomic mass is 10.1. The van der Waals surface area contributed by atoms with Crippen LogP contribution in [0.15, 0.2) is 12.2 Å². The summed E-state index contributed by atoms with van der Waals surface area (Å²) in [5, 5.41) is 8.39. The number of rotatable bonds is 1. The van der Waals surface area contributed by atoms with Gasteiger partial charge in [0.1, 0.15) is 0 Å². The second kappa shape index (κ2) is 0.966. The van der Waals surface area contributed by atoms with Crippen molar-refractivity contribution in [3.05, 3.63) is 12.2 Å². The standard InChI is InChI=1S/C6H6O2/c7-6(8)5-3-1-2-4(3)5/h1-5H,(H,7,8)/t3-,4-/m0/s1. The predicted molar refractivity (Wildman–Crippen MR) is 27.2 cm³/mol. The Morgan fingerprint density at radius 3 is 2.00 bits per heavy atom. The molecule has 1 saturated carbocycles. The lowest BCUT2D eigenvalue weighted by molar-refractivity contribution is -0.138. The van der Waals surface area contributed by atoms with Crippen LogP contribution in [0.1, 0.15) is 0 Å². The lowest BCUT2D eigenvalue weighted by Gasteiger charge is -1.90. The molecule has 0 spiro atoms. The van der Waals surface area contributed by atoms with Gasteiger partial charge in [0.2, 0.25) is 0 Å². The minimum Gasteiger partial charge on any atom is -0.481 e. The molecule has 2 rings (SSSR count). The molecule has 0 saturated heterocycles. The van der Waals surface area contributed by atoms with E-state index in [-0.39, 0.29) is 5.92 Å². The van der Waals surface area contributed by atoms with Gasteiger partial charge in [0.15, 0.2) is 0 Å². The summed E-state index contributed by atoms with van der Waals surface area (Å²) in [4.78, 5) is 10.2. The topological polar surface area (TPSA) is 37.3 Å². The normalized spacial score (nSPS) is 47.2. The van der Waals surface area contributed by atoms with Crippen molar-refractivity contribution in [2.45, 2.75) is 0 Å². The number of fused-ring (bicyclic) bond motifs is 1. The van der Waals surface area contributed by atoms with Crippen molar-refractivity contribution in [2.24, 2.45) is 17.8 Å². The number of aliphatic carboxylic acids is 1. The van der Waals surface area contributed by atoms with Crippen LogP contribution in [0.4, 0.5) is 0 Å². The molecule has 0 heterocycles. The summed E-state index contributed by atoms with van der Waals surface area (Å²) in [7, 11) is 0. The number of allylic oxidation sites excluding steroid dienone is 2. The monoisotopic (exact) mass is 110 g/mol. The maximum absolute atomic E-state index is 10.2. The Morgan fingerprint density at radius 2 is 1.88 bits per heavy atom. The first-order chi connectivity index (χ1) is 3.80. The van der Waals surface area contributed by atoms with Crippen LogP contribution in [0.2, 0.25) is 0 Å². The molecule has 2 aliphatic rings. The third-order valence-electron chi connectivity index (χ3n) is 1.97. The highest BCUT2D eigenvalue weighted by atomic mass is 16.4. The van der Waals surface area contributed by atoms with E-state index in [1.165, 1.54) is 0 Å². The maximum atomic E-state index is 10.2. The Balaban J connectivity index is 2.09. The molecular formula is C6H6O2. The summed E-state index contributed by atoms with van der Waals surface area (Å²) in [6, 6.07) is 0. The van der Waals surface area contributed by atoms with Crippen molar-refractivity contribution < 1.29 is 9.90 Å². The zero-order valence-electron chi connectivity index (χ0n) is 4.24. The van der Waals surface area contributed by atoms with Crippen LogP contribution >= 0.6 is 0 Å². The Hall–Kier alpha value is -0.790. The first kappa shape index (κ1) is 4.13. The summed E-state index contributed by atoms with van der Waals surface area (Å²) in [5.41, 5.74) is 0. The van der Waals surface area contributed by atoms with Crippen LogP contribution in [-0.4, -0.2) is 11.1 Å². The quantitative estimate of drug-likeness (QED) is 0.499. The molecule has 0 aromatic rings. The summed E-state index contributed by atoms with van der Waals surface area (Å²) in [5.74, 6) is 0.139. The first-order valence-corrected chi connectivity index (χ1v) is 2.72. The molecule has 1 fully saturated rings. The van der Waals surface area contributed by atoms with Crippen LogP contribution < -0.4 is 0 Å². The zero-order chi connectivity index (χ0) is 5.72. The smallest absolute Gasteiger partial charge is 0.307 e. The van der Waals surface area contributed by atoms with E-state index in [1.54, 1.807) is 0 Å². The number of hydrogen-bond donors (Lipinski definition) is 1. The Kier molecular flexibility index (Phi) is 0.498. The molecule has 42 valence electrons. The predicted octanol–water partition coefficient (Wildman–Crippen LogP) is 0.503. The van der Waals surface area contributed by atoms with E-state index < -0.39 is 5.97 Å². The highest BCUT2D eigenvalue weighted by Gasteiger charge is 2.56. The van der Waals surface area contributed by atoms with Crippen LogP contribution in [0.3, 0.4) is 0 Å². The number of carboxylic acid groups (broad SMARTS) is 1. The van der Waals surface area contributed by atoms with Gasteiger partial charge < -0.3 is 5.11 Å². The highest BCUT2D eigenvalue weighted by Crippen LogP contribution is 2.55. The fourth-order valence-corrected chi connectivity index (χ4v) is 1.30. The molecule has 0 aromatic carbocycles. The molecule has 2 nitrogen and oxygen atoms in total. The SMILES string of the molecule is O=C(O)C1[C@H]2C=C[C@H]12. The largest absolute Gasteiger partial charge is 0.481 e. The molecule has 2 aliphatic carbocycles. The van der Waals surface area contributed by atoms with Crippen molar-refractivity contribution in [1.82, 2.24) is 0 Å². The van der Waals surface area contributed by atoms with Gasteiger partial charge in [-0.1, -0.05) is 12.2 Å². The molecule has 0 radical (unpaired) electrons. The fraction of sp³-hybridized carbons (Fsp3) is 0.500. The third-order valence-corrected chi connectivity index (χ3v) is 1.97. The minimum atomic E-state index is -0.634. The molecule has 0 aromatic heterocycles. The summed E-state index contributed by atoms with van der Waals surface area (Å²) >= 11 is 0. The van der Waals surface area contributed by atoms with E-state index >= 15 is 0 Å². The van der Waals surface area contributed by atoms with Gasteiger partial charge in [-0.3, -0.25) is 4.79 Å². The number of carboxylic acids is 1. The van der Waals surface area contributed by atoms with E-state index in [0.717, 1.165) is 0 Å². The van der Waals surface area contributed by atoms with Crippen LogP contribution in [0, 0.1) is 17.8 Å². The zero-order valence-corrected chi connectivity index (χ0v) is 4.24. The van der Waals surface area contributed by atoms with Gasteiger partial charge in [0.25, 0.3) is 0 Å². The van der Waals surface area contributed by atoms with E-state index in [1.807, 2.05) is 12.2 Å². The summed E-state index contributed by atoms with van der Waals surface area (Å²) < 4.78 is 0. The van der Waals surface area contributed by atoms with Crippen LogP contribution in [-0.2, 0) is 4.79 Å². The first-order valence-electron chi connectivity index (χ1n) is 2.72. The lowest BCUT2D eigenvalue weighted by Crippen LogP contribution is -1.97. The van der Waals surface area contributed by atoms with Gasteiger partial charge in [-0.2, -0.15) is 0 Å². The Labute approximate surface area is 46.8 Å². The van der Waals surface area contributed by atoms with Crippen LogP contribution in [0.5, 0.6) is 0 Å². The molecule has 8 heavy (non-hydrogen) atoms. The van der Waals surface area contributed by atoms with Gasteiger partial charge in [0.05, 0.1) is 5.92 Å². The molecule has 2 heteroatoms. The summed E-state index contributed by atoms with van der Waals surface area (Å²) in [6.45, 7) is 0. The molecule has 0 amide bonds. The average Bonchev–Trinajstić information content (AvgIpc) is 2.07. The second-order valence-electron chi connectivity index (χ2n) is 2.40. The molecule has 0 unspecified atom stereocenters. The van der Waals surface area contributed by atoms with Gasteiger partial charge >= 0.3 is 5.97 Å². The van der Waals surface area contributed by atoms with E-state index in [4.69, 9.17) is 5.11 Å². The van der Waals surface area contributed by atoms with Crippen molar-refractivity contribution >= 4 is 5.97 Å². The second-order valence-corrected chi connectivity index (χ2v) is 2.40. The minimum absolute atomic E-state index is 0.0463. The molecule has 1 N–H and O–H groups in total. The fourth-order valence-electron chi connectivity index (χ4n) is 1.30. The van der Waals surface area contributed by atoms with Crippen molar-refractivity contribution in [1.29, 1.82) is 0 Å². The van der Waals surface area contributed by atoms with Crippen molar-refractivity contribution in [2.75, 3.05) is 0 Å². The summed E-state index contributed by atoms with van der Waals surface area (Å²) in [6.07, 6.45) is 3.95. The van der Waals surface area contributed by atoms with Gasteiger partial charge in [-0.05, 0) is 11.8 Å². The maximum Gasteiger partial charge on any atom is 0.307 e. The molecular weight excluding hydrogens is 104 g/mol. The van der Waals surface area contributed by atoms with E-state index in [0.29, 0.717) is 11.8 Å². The molecule has 0 bridgehead atoms. The van der Waals surface area contributed by atoms with E-state index in [9.17, 15) is 4.79 Å². The third kappa shape index (κ3) is 0.278. The van der Waals surface area contributed by atoms with Gasteiger partial charge in [-0.25, -0.2) is 0 Å². The Bertz CT molecular complexity index is 159. The number of hydrogen-bond acceptors (Lipinski definition) is 1. The van der Waals surface area contributed by atoms with E-state index in [2.05, 4.69) is 0 Å². The van der Waals surface area contributed by atoms with Gasteiger partial charge in [-0.15, -0.1) is 0 Å². The average molecular weight is 110 g/mol. The molecule has 2 atom stereocenters. The van der Waals surface area contributed by atoms with Crippen molar-refractivity contribution in [3.63, 3.8) is 0 Å². The van der Waals surface area contributed by atoms with Gasteiger partial charge in [0, 0.05) is 0 Å². The number of carbonyl (C=O) groups is 1.